The third kappa shape index (κ3) is 3.88. The maximum absolute atomic E-state index is 12.9. The Bertz CT molecular complexity index is 709. The highest BCUT2D eigenvalue weighted by molar-refractivity contribution is 6.39. The first kappa shape index (κ1) is 18.4. The van der Waals surface area contributed by atoms with E-state index in [1.165, 1.54) is 0 Å². The summed E-state index contributed by atoms with van der Waals surface area (Å²) in [5, 5.41) is 6.67. The lowest BCUT2D eigenvalue weighted by atomic mass is 9.88. The molecule has 7 nitrogen and oxygen atoms in total. The van der Waals surface area contributed by atoms with Crippen molar-refractivity contribution in [3.8, 4) is 0 Å². The molecule has 0 aliphatic carbocycles. The van der Waals surface area contributed by atoms with Crippen molar-refractivity contribution in [2.75, 3.05) is 24.5 Å². The third-order valence-corrected chi connectivity index (χ3v) is 4.44. The molecule has 3 heterocycles. The quantitative estimate of drug-likeness (QED) is 0.877. The predicted octanol–water partition coefficient (Wildman–Crippen LogP) is 2.14. The van der Waals surface area contributed by atoms with Crippen LogP contribution in [0.5, 0.6) is 0 Å². The van der Waals surface area contributed by atoms with E-state index < -0.39 is 17.5 Å². The van der Waals surface area contributed by atoms with E-state index in [1.807, 2.05) is 6.92 Å². The standard InChI is InChI=1S/C16H20F3N5O2/c1-2-5-20-14(25)11-8-15(26-23-11)4-3-6-24(9-15)13-7-12(16(17,18)19)21-10-22-13/h7,10H,2-6,8-9H2,1H3,(H,20,25). The van der Waals surface area contributed by atoms with E-state index in [1.54, 1.807) is 4.90 Å². The van der Waals surface area contributed by atoms with Crippen molar-refractivity contribution in [1.82, 2.24) is 15.3 Å². The molecule has 10 heteroatoms. The molecule has 0 radical (unpaired) electrons. The SMILES string of the molecule is CCCNC(=O)C1=NOC2(CCCN(c3cc(C(F)(F)F)ncn3)C2)C1. The first-order chi connectivity index (χ1) is 12.3. The molecule has 2 aliphatic rings. The minimum absolute atomic E-state index is 0.193. The number of hydrogen-bond acceptors (Lipinski definition) is 6. The van der Waals surface area contributed by atoms with Crippen LogP contribution in [0.4, 0.5) is 19.0 Å². The van der Waals surface area contributed by atoms with E-state index in [0.717, 1.165) is 18.8 Å². The Balaban J connectivity index is 1.70. The molecule has 0 saturated carbocycles. The summed E-state index contributed by atoms with van der Waals surface area (Å²) in [6.07, 6.45) is -1.10. The lowest BCUT2D eigenvalue weighted by Crippen LogP contribution is -2.49. The number of halogens is 3. The maximum atomic E-state index is 12.9. The Morgan fingerprint density at radius 2 is 2.23 bits per heavy atom. The van der Waals surface area contributed by atoms with Crippen LogP contribution >= 0.6 is 0 Å². The molecule has 1 N–H and O–H groups in total. The Morgan fingerprint density at radius 3 is 2.96 bits per heavy atom. The van der Waals surface area contributed by atoms with E-state index in [4.69, 9.17) is 4.84 Å². The van der Waals surface area contributed by atoms with Crippen LogP contribution in [0.2, 0.25) is 0 Å². The minimum Gasteiger partial charge on any atom is -0.386 e. The zero-order valence-corrected chi connectivity index (χ0v) is 14.3. The summed E-state index contributed by atoms with van der Waals surface area (Å²) in [5.41, 5.74) is -1.37. The van der Waals surface area contributed by atoms with E-state index in [9.17, 15) is 18.0 Å². The number of aromatic nitrogens is 2. The molecule has 26 heavy (non-hydrogen) atoms. The number of hydrogen-bond donors (Lipinski definition) is 1. The monoisotopic (exact) mass is 371 g/mol. The number of alkyl halides is 3. The van der Waals surface area contributed by atoms with Gasteiger partial charge in [0, 0.05) is 25.6 Å². The molecular formula is C16H20F3N5O2. The van der Waals surface area contributed by atoms with Gasteiger partial charge in [-0.15, -0.1) is 0 Å². The third-order valence-electron chi connectivity index (χ3n) is 4.44. The number of anilines is 1. The van der Waals surface area contributed by atoms with Crippen LogP contribution < -0.4 is 10.2 Å². The van der Waals surface area contributed by atoms with Crippen LogP contribution in [0.15, 0.2) is 17.5 Å². The van der Waals surface area contributed by atoms with Gasteiger partial charge in [0.25, 0.3) is 5.91 Å². The van der Waals surface area contributed by atoms with Crippen molar-refractivity contribution in [3.63, 3.8) is 0 Å². The fourth-order valence-electron chi connectivity index (χ4n) is 3.17. The molecule has 1 fully saturated rings. The molecule has 1 atom stereocenters. The molecule has 1 unspecified atom stereocenters. The lowest BCUT2D eigenvalue weighted by Gasteiger charge is -2.38. The summed E-state index contributed by atoms with van der Waals surface area (Å²) in [5.74, 6) is -0.0684. The maximum Gasteiger partial charge on any atom is 0.433 e. The molecule has 0 bridgehead atoms. The number of carbonyl (C=O) groups is 1. The fourth-order valence-corrected chi connectivity index (χ4v) is 3.17. The second kappa shape index (κ2) is 7.08. The number of rotatable bonds is 4. The normalized spacial score (nSPS) is 22.9. The highest BCUT2D eigenvalue weighted by Gasteiger charge is 2.45. The summed E-state index contributed by atoms with van der Waals surface area (Å²) in [6, 6.07) is 0.934. The van der Waals surface area contributed by atoms with E-state index in [2.05, 4.69) is 20.4 Å². The summed E-state index contributed by atoms with van der Waals surface area (Å²) in [4.78, 5) is 26.6. The second-order valence-electron chi connectivity index (χ2n) is 6.53. The van der Waals surface area contributed by atoms with E-state index >= 15 is 0 Å². The van der Waals surface area contributed by atoms with Gasteiger partial charge in [0.1, 0.15) is 23.6 Å². The van der Waals surface area contributed by atoms with Gasteiger partial charge in [-0.1, -0.05) is 12.1 Å². The van der Waals surface area contributed by atoms with Crippen LogP contribution in [0, 0.1) is 0 Å². The zero-order valence-electron chi connectivity index (χ0n) is 14.3. The largest absolute Gasteiger partial charge is 0.433 e. The summed E-state index contributed by atoms with van der Waals surface area (Å²) in [7, 11) is 0. The van der Waals surface area contributed by atoms with Crippen LogP contribution in [-0.4, -0.2) is 46.8 Å². The Labute approximate surface area is 148 Å². The van der Waals surface area contributed by atoms with Crippen molar-refractivity contribution in [1.29, 1.82) is 0 Å². The van der Waals surface area contributed by atoms with Crippen molar-refractivity contribution < 1.29 is 22.8 Å². The number of nitrogens with one attached hydrogen (secondary N) is 1. The lowest BCUT2D eigenvalue weighted by molar-refractivity contribution is -0.141. The van der Waals surface area contributed by atoms with Crippen molar-refractivity contribution >= 4 is 17.4 Å². The van der Waals surface area contributed by atoms with E-state index in [-0.39, 0.29) is 11.7 Å². The van der Waals surface area contributed by atoms with Gasteiger partial charge in [-0.2, -0.15) is 13.2 Å². The van der Waals surface area contributed by atoms with Gasteiger partial charge < -0.3 is 15.1 Å². The van der Waals surface area contributed by atoms with Gasteiger partial charge in [0.05, 0.1) is 6.54 Å². The molecule has 142 valence electrons. The number of piperidine rings is 1. The number of nitrogens with zero attached hydrogens (tertiary/aromatic N) is 4. The smallest absolute Gasteiger partial charge is 0.386 e. The summed E-state index contributed by atoms with van der Waals surface area (Å²) >= 11 is 0. The van der Waals surface area contributed by atoms with Gasteiger partial charge in [0.15, 0.2) is 5.60 Å². The van der Waals surface area contributed by atoms with Gasteiger partial charge in [-0.25, -0.2) is 9.97 Å². The summed E-state index contributed by atoms with van der Waals surface area (Å²) < 4.78 is 38.6. The molecule has 2 aliphatic heterocycles. The van der Waals surface area contributed by atoms with Gasteiger partial charge >= 0.3 is 6.18 Å². The molecule has 1 spiro atoms. The van der Waals surface area contributed by atoms with Crippen LogP contribution in [0.3, 0.4) is 0 Å². The molecule has 3 rings (SSSR count). The van der Waals surface area contributed by atoms with Crippen LogP contribution in [0.1, 0.15) is 38.3 Å². The van der Waals surface area contributed by atoms with Crippen molar-refractivity contribution in [2.45, 2.75) is 44.4 Å². The first-order valence-electron chi connectivity index (χ1n) is 8.50. The number of carbonyl (C=O) groups excluding carboxylic acids is 1. The molecule has 1 amide bonds. The average Bonchev–Trinajstić information content (AvgIpc) is 3.02. The van der Waals surface area contributed by atoms with Gasteiger partial charge in [0.2, 0.25) is 0 Å². The minimum atomic E-state index is -4.53. The Kier molecular flexibility index (Phi) is 5.01. The number of amides is 1. The van der Waals surface area contributed by atoms with Gasteiger partial charge in [-0.05, 0) is 19.3 Å². The average molecular weight is 371 g/mol. The predicted molar refractivity (Wildman–Crippen MR) is 87.6 cm³/mol. The zero-order chi connectivity index (χ0) is 18.8. The van der Waals surface area contributed by atoms with Gasteiger partial charge in [-0.3, -0.25) is 4.79 Å². The Morgan fingerprint density at radius 1 is 1.42 bits per heavy atom. The summed E-state index contributed by atoms with van der Waals surface area (Å²) in [6.45, 7) is 3.37. The first-order valence-corrected chi connectivity index (χ1v) is 8.50. The van der Waals surface area contributed by atoms with Crippen molar-refractivity contribution in [3.05, 3.63) is 18.1 Å². The highest BCUT2D eigenvalue weighted by atomic mass is 19.4. The molecule has 0 aromatic carbocycles. The van der Waals surface area contributed by atoms with Crippen LogP contribution in [-0.2, 0) is 15.8 Å². The highest BCUT2D eigenvalue weighted by Crippen LogP contribution is 2.36. The molecule has 1 saturated heterocycles. The van der Waals surface area contributed by atoms with Crippen molar-refractivity contribution in [2.24, 2.45) is 5.16 Å². The molecular weight excluding hydrogens is 351 g/mol. The molecule has 1 aromatic rings. The molecule has 1 aromatic heterocycles. The number of oxime groups is 1. The Hall–Kier alpha value is -2.39. The van der Waals surface area contributed by atoms with Crippen LogP contribution in [0.25, 0.3) is 0 Å². The second-order valence-corrected chi connectivity index (χ2v) is 6.53. The van der Waals surface area contributed by atoms with E-state index in [0.29, 0.717) is 44.6 Å². The topological polar surface area (TPSA) is 79.7 Å². The fraction of sp³-hybridized carbons (Fsp3) is 0.625.